The minimum absolute atomic E-state index is 0. The minimum atomic E-state index is 0. The maximum absolute atomic E-state index is 4.38. The van der Waals surface area contributed by atoms with E-state index in [0.717, 1.165) is 38.6 Å². The van der Waals surface area contributed by atoms with Crippen LogP contribution in [0.3, 0.4) is 0 Å². The van der Waals surface area contributed by atoms with Crippen molar-refractivity contribution in [3.8, 4) is 0 Å². The topological polar surface area (TPSA) is 42.9 Å². The molecule has 162 valence electrons. The van der Waals surface area contributed by atoms with Crippen molar-refractivity contribution >= 4 is 29.9 Å². The first kappa shape index (κ1) is 27.1. The fourth-order valence-corrected chi connectivity index (χ4v) is 3.09. The molecule has 1 aromatic rings. The van der Waals surface area contributed by atoms with Crippen molar-refractivity contribution in [3.05, 3.63) is 35.9 Å². The van der Waals surface area contributed by atoms with Crippen molar-refractivity contribution in [1.82, 2.24) is 20.4 Å². The Morgan fingerprint density at radius 3 is 2.32 bits per heavy atom. The van der Waals surface area contributed by atoms with Crippen LogP contribution in [0, 0.1) is 0 Å². The molecule has 0 aliphatic rings. The molecule has 0 bridgehead atoms. The van der Waals surface area contributed by atoms with E-state index in [4.69, 9.17) is 0 Å². The van der Waals surface area contributed by atoms with E-state index >= 15 is 0 Å². The number of nitrogens with one attached hydrogen (secondary N) is 2. The second-order valence-electron chi connectivity index (χ2n) is 7.42. The Hall–Kier alpha value is -0.860. The van der Waals surface area contributed by atoms with Crippen molar-refractivity contribution in [3.63, 3.8) is 0 Å². The molecule has 5 nitrogen and oxygen atoms in total. The molecule has 0 radical (unpaired) electrons. The Labute approximate surface area is 190 Å². The second-order valence-corrected chi connectivity index (χ2v) is 7.42. The van der Waals surface area contributed by atoms with Gasteiger partial charge in [-0.15, -0.1) is 24.0 Å². The molecule has 0 saturated carbocycles. The smallest absolute Gasteiger partial charge is 0.191 e. The molecule has 0 saturated heterocycles. The molecule has 6 heteroatoms. The zero-order valence-corrected chi connectivity index (χ0v) is 21.1. The zero-order valence-electron chi connectivity index (χ0n) is 18.7. The summed E-state index contributed by atoms with van der Waals surface area (Å²) in [4.78, 5) is 9.22. The number of halogens is 1. The predicted molar refractivity (Wildman–Crippen MR) is 134 cm³/mol. The Kier molecular flexibility index (Phi) is 15.5. The van der Waals surface area contributed by atoms with Crippen LogP contribution in [0.5, 0.6) is 0 Å². The van der Waals surface area contributed by atoms with Crippen molar-refractivity contribution in [1.29, 1.82) is 0 Å². The quantitative estimate of drug-likeness (QED) is 0.259. The van der Waals surface area contributed by atoms with Crippen LogP contribution < -0.4 is 10.6 Å². The normalized spacial score (nSPS) is 13.9. The molecular weight excluding hydrogens is 461 g/mol. The summed E-state index contributed by atoms with van der Waals surface area (Å²) in [6.07, 6.45) is 2.36. The first-order chi connectivity index (χ1) is 13.0. The number of likely N-dealkylation sites (N-methyl/N-ethyl adjacent to an activating group) is 1. The molecule has 0 aliphatic carbocycles. The maximum Gasteiger partial charge on any atom is 0.191 e. The molecular formula is C22H42IN5. The van der Waals surface area contributed by atoms with Crippen LogP contribution in [-0.4, -0.2) is 68.1 Å². The first-order valence-corrected chi connectivity index (χ1v) is 10.4. The average Bonchev–Trinajstić information content (AvgIpc) is 2.68. The molecule has 1 rings (SSSR count). The van der Waals surface area contributed by atoms with E-state index in [1.165, 1.54) is 18.5 Å². The van der Waals surface area contributed by atoms with Gasteiger partial charge in [-0.25, -0.2) is 0 Å². The van der Waals surface area contributed by atoms with Crippen molar-refractivity contribution in [2.75, 3.05) is 40.3 Å². The molecule has 2 unspecified atom stereocenters. The number of hydrogen-bond acceptors (Lipinski definition) is 3. The number of hydrogen-bond donors (Lipinski definition) is 2. The largest absolute Gasteiger partial charge is 0.355 e. The van der Waals surface area contributed by atoms with E-state index in [0.29, 0.717) is 12.1 Å². The van der Waals surface area contributed by atoms with E-state index in [-0.39, 0.29) is 24.0 Å². The van der Waals surface area contributed by atoms with Gasteiger partial charge in [0, 0.05) is 32.2 Å². The lowest BCUT2D eigenvalue weighted by Crippen LogP contribution is -2.47. The summed E-state index contributed by atoms with van der Waals surface area (Å²) in [5, 5.41) is 7.00. The molecule has 2 atom stereocenters. The lowest BCUT2D eigenvalue weighted by Gasteiger charge is -2.26. The first-order valence-electron chi connectivity index (χ1n) is 10.4. The summed E-state index contributed by atoms with van der Waals surface area (Å²) in [7, 11) is 4.02. The van der Waals surface area contributed by atoms with Gasteiger partial charge in [0.15, 0.2) is 5.96 Å². The van der Waals surface area contributed by atoms with Crippen LogP contribution in [0.4, 0.5) is 0 Å². The standard InChI is InChI=1S/C22H41N5.HI/c1-7-27(8-2)16-12-13-19(3)25-22(23-5)24-17-20(4)26(6)18-21-14-10-9-11-15-21;/h9-11,14-15,19-20H,7-8,12-13,16-18H2,1-6H3,(H2,23,24,25);1H. The lowest BCUT2D eigenvalue weighted by atomic mass is 10.1. The van der Waals surface area contributed by atoms with Gasteiger partial charge in [0.1, 0.15) is 0 Å². The van der Waals surface area contributed by atoms with Crippen LogP contribution in [0.1, 0.15) is 46.1 Å². The Morgan fingerprint density at radius 1 is 1.11 bits per heavy atom. The van der Waals surface area contributed by atoms with Gasteiger partial charge in [0.05, 0.1) is 0 Å². The number of guanidine groups is 1. The van der Waals surface area contributed by atoms with E-state index < -0.39 is 0 Å². The SMILES string of the molecule is CCN(CC)CCCC(C)NC(=NC)NCC(C)N(C)Cc1ccccc1.I. The highest BCUT2D eigenvalue weighted by Crippen LogP contribution is 2.05. The van der Waals surface area contributed by atoms with Crippen LogP contribution >= 0.6 is 24.0 Å². The molecule has 0 aliphatic heterocycles. The predicted octanol–water partition coefficient (Wildman–Crippen LogP) is 3.80. The van der Waals surface area contributed by atoms with Crippen LogP contribution in [-0.2, 0) is 6.54 Å². The monoisotopic (exact) mass is 503 g/mol. The highest BCUT2D eigenvalue weighted by Gasteiger charge is 2.12. The van der Waals surface area contributed by atoms with Gasteiger partial charge in [0.2, 0.25) is 0 Å². The second kappa shape index (κ2) is 16.0. The van der Waals surface area contributed by atoms with Gasteiger partial charge >= 0.3 is 0 Å². The van der Waals surface area contributed by atoms with Gasteiger partial charge in [-0.2, -0.15) is 0 Å². The molecule has 0 spiro atoms. The van der Waals surface area contributed by atoms with Crippen LogP contribution in [0.25, 0.3) is 0 Å². The van der Waals surface area contributed by atoms with Crippen LogP contribution in [0.2, 0.25) is 0 Å². The fourth-order valence-electron chi connectivity index (χ4n) is 3.09. The third-order valence-electron chi connectivity index (χ3n) is 5.20. The molecule has 0 heterocycles. The zero-order chi connectivity index (χ0) is 20.1. The average molecular weight is 504 g/mol. The summed E-state index contributed by atoms with van der Waals surface area (Å²) < 4.78 is 0. The van der Waals surface area contributed by atoms with E-state index in [2.05, 4.69) is 90.5 Å². The molecule has 1 aromatic carbocycles. The molecule has 2 N–H and O–H groups in total. The summed E-state index contributed by atoms with van der Waals surface area (Å²) in [5.74, 6) is 0.894. The third-order valence-corrected chi connectivity index (χ3v) is 5.20. The summed E-state index contributed by atoms with van der Waals surface area (Å²) in [5.41, 5.74) is 1.34. The fraction of sp³-hybridized carbons (Fsp3) is 0.682. The number of rotatable bonds is 12. The van der Waals surface area contributed by atoms with Gasteiger partial charge in [-0.1, -0.05) is 44.2 Å². The summed E-state index contributed by atoms with van der Waals surface area (Å²) in [6.45, 7) is 14.2. The van der Waals surface area contributed by atoms with E-state index in [1.807, 2.05) is 7.05 Å². The maximum atomic E-state index is 4.38. The summed E-state index contributed by atoms with van der Waals surface area (Å²) in [6, 6.07) is 11.5. The van der Waals surface area contributed by atoms with Gasteiger partial charge < -0.3 is 15.5 Å². The van der Waals surface area contributed by atoms with Gasteiger partial charge in [-0.05, 0) is 58.9 Å². The molecule has 28 heavy (non-hydrogen) atoms. The number of nitrogens with zero attached hydrogens (tertiary/aromatic N) is 3. The minimum Gasteiger partial charge on any atom is -0.355 e. The Morgan fingerprint density at radius 2 is 1.75 bits per heavy atom. The van der Waals surface area contributed by atoms with Gasteiger partial charge in [-0.3, -0.25) is 9.89 Å². The Bertz CT molecular complexity index is 519. The summed E-state index contributed by atoms with van der Waals surface area (Å²) >= 11 is 0. The van der Waals surface area contributed by atoms with Gasteiger partial charge in [0.25, 0.3) is 0 Å². The van der Waals surface area contributed by atoms with Crippen molar-refractivity contribution < 1.29 is 0 Å². The number of aliphatic imine (C=N–C) groups is 1. The van der Waals surface area contributed by atoms with Crippen LogP contribution in [0.15, 0.2) is 35.3 Å². The highest BCUT2D eigenvalue weighted by atomic mass is 127. The number of benzene rings is 1. The Balaban J connectivity index is 0.00000729. The molecule has 0 fully saturated rings. The van der Waals surface area contributed by atoms with E-state index in [9.17, 15) is 0 Å². The van der Waals surface area contributed by atoms with Crippen molar-refractivity contribution in [2.24, 2.45) is 4.99 Å². The highest BCUT2D eigenvalue weighted by molar-refractivity contribution is 14.0. The lowest BCUT2D eigenvalue weighted by molar-refractivity contribution is 0.249. The third kappa shape index (κ3) is 11.2. The van der Waals surface area contributed by atoms with Crippen molar-refractivity contribution in [2.45, 2.75) is 59.2 Å². The molecule has 0 amide bonds. The molecule has 0 aromatic heterocycles. The van der Waals surface area contributed by atoms with E-state index in [1.54, 1.807) is 0 Å².